The van der Waals surface area contributed by atoms with Gasteiger partial charge in [-0.15, -0.1) is 0 Å². The van der Waals surface area contributed by atoms with Crippen molar-refractivity contribution in [3.05, 3.63) is 66.5 Å². The number of rotatable bonds is 8. The standard InChI is InChI=1S/C21H23N3O3S/c1-23(14-16-6-4-5-7-19(16)27-3)20(25)15-28-21-22-12-13-24(21)17-8-10-18(26-2)11-9-17/h4-13H,14-15H2,1-3H3. The highest BCUT2D eigenvalue weighted by Gasteiger charge is 2.14. The van der Waals surface area contributed by atoms with Crippen LogP contribution in [0.15, 0.2) is 66.1 Å². The Morgan fingerprint density at radius 3 is 2.57 bits per heavy atom. The largest absolute Gasteiger partial charge is 0.497 e. The van der Waals surface area contributed by atoms with Crippen LogP contribution in [-0.4, -0.2) is 47.4 Å². The maximum Gasteiger partial charge on any atom is 0.233 e. The van der Waals surface area contributed by atoms with Gasteiger partial charge in [0, 0.05) is 37.2 Å². The number of thioether (sulfide) groups is 1. The minimum atomic E-state index is 0.0280. The molecule has 1 aromatic heterocycles. The van der Waals surface area contributed by atoms with Gasteiger partial charge in [-0.25, -0.2) is 4.98 Å². The number of hydrogen-bond donors (Lipinski definition) is 0. The van der Waals surface area contributed by atoms with Crippen molar-refractivity contribution in [2.45, 2.75) is 11.7 Å². The molecule has 2 aromatic carbocycles. The van der Waals surface area contributed by atoms with Crippen molar-refractivity contribution >= 4 is 17.7 Å². The number of hydrogen-bond acceptors (Lipinski definition) is 5. The van der Waals surface area contributed by atoms with Gasteiger partial charge in [0.2, 0.25) is 5.91 Å². The second-order valence-electron chi connectivity index (χ2n) is 6.13. The monoisotopic (exact) mass is 397 g/mol. The fourth-order valence-corrected chi connectivity index (χ4v) is 3.66. The third-order valence-electron chi connectivity index (χ3n) is 4.31. The van der Waals surface area contributed by atoms with E-state index in [0.717, 1.165) is 27.9 Å². The molecule has 28 heavy (non-hydrogen) atoms. The minimum Gasteiger partial charge on any atom is -0.497 e. The van der Waals surface area contributed by atoms with Gasteiger partial charge in [-0.3, -0.25) is 9.36 Å². The Labute approximate surface area is 169 Å². The zero-order valence-electron chi connectivity index (χ0n) is 16.2. The van der Waals surface area contributed by atoms with Crippen molar-refractivity contribution in [1.82, 2.24) is 14.5 Å². The molecule has 0 atom stereocenters. The van der Waals surface area contributed by atoms with E-state index in [4.69, 9.17) is 9.47 Å². The molecule has 0 aliphatic heterocycles. The molecule has 0 aliphatic rings. The Morgan fingerprint density at radius 2 is 1.86 bits per heavy atom. The normalized spacial score (nSPS) is 10.5. The van der Waals surface area contributed by atoms with E-state index in [-0.39, 0.29) is 5.91 Å². The fraction of sp³-hybridized carbons (Fsp3) is 0.238. The lowest BCUT2D eigenvalue weighted by atomic mass is 10.2. The molecule has 1 amide bonds. The van der Waals surface area contributed by atoms with Crippen molar-refractivity contribution in [2.24, 2.45) is 0 Å². The van der Waals surface area contributed by atoms with E-state index in [9.17, 15) is 4.79 Å². The molecule has 0 saturated carbocycles. The first-order valence-corrected chi connectivity index (χ1v) is 9.77. The SMILES string of the molecule is COc1ccc(-n2ccnc2SCC(=O)N(C)Cc2ccccc2OC)cc1. The summed E-state index contributed by atoms with van der Waals surface area (Å²) in [5.74, 6) is 1.91. The lowest BCUT2D eigenvalue weighted by molar-refractivity contribution is -0.127. The predicted octanol–water partition coefficient (Wildman–Crippen LogP) is 3.64. The lowest BCUT2D eigenvalue weighted by Gasteiger charge is -2.18. The molecule has 0 bridgehead atoms. The number of aromatic nitrogens is 2. The van der Waals surface area contributed by atoms with Crippen LogP contribution in [0, 0.1) is 0 Å². The number of para-hydroxylation sites is 1. The molecule has 3 aromatic rings. The summed E-state index contributed by atoms with van der Waals surface area (Å²) in [6.45, 7) is 0.496. The van der Waals surface area contributed by atoms with Crippen LogP contribution in [-0.2, 0) is 11.3 Å². The zero-order valence-corrected chi connectivity index (χ0v) is 17.0. The third-order valence-corrected chi connectivity index (χ3v) is 5.26. The average Bonchev–Trinajstić information content (AvgIpc) is 3.21. The van der Waals surface area contributed by atoms with Gasteiger partial charge in [-0.05, 0) is 30.3 Å². The van der Waals surface area contributed by atoms with Crippen molar-refractivity contribution in [3.63, 3.8) is 0 Å². The van der Waals surface area contributed by atoms with Gasteiger partial charge in [-0.1, -0.05) is 30.0 Å². The summed E-state index contributed by atoms with van der Waals surface area (Å²) in [6.07, 6.45) is 3.61. The molecule has 146 valence electrons. The highest BCUT2D eigenvalue weighted by molar-refractivity contribution is 7.99. The molecule has 3 rings (SSSR count). The molecule has 7 heteroatoms. The summed E-state index contributed by atoms with van der Waals surface area (Å²) in [5.41, 5.74) is 1.95. The molecule has 0 fully saturated rings. The maximum absolute atomic E-state index is 12.6. The second-order valence-corrected chi connectivity index (χ2v) is 7.07. The van der Waals surface area contributed by atoms with Crippen LogP contribution in [0.4, 0.5) is 0 Å². The van der Waals surface area contributed by atoms with Crippen LogP contribution in [0.25, 0.3) is 5.69 Å². The van der Waals surface area contributed by atoms with E-state index in [1.807, 2.05) is 59.3 Å². The number of imidazole rings is 1. The summed E-state index contributed by atoms with van der Waals surface area (Å²) in [5, 5.41) is 0.768. The first-order valence-electron chi connectivity index (χ1n) is 8.79. The smallest absolute Gasteiger partial charge is 0.233 e. The molecule has 0 radical (unpaired) electrons. The van der Waals surface area contributed by atoms with Crippen LogP contribution >= 0.6 is 11.8 Å². The Balaban J connectivity index is 1.62. The summed E-state index contributed by atoms with van der Waals surface area (Å²) >= 11 is 1.41. The average molecular weight is 398 g/mol. The Hall–Kier alpha value is -2.93. The molecular weight excluding hydrogens is 374 g/mol. The quantitative estimate of drug-likeness (QED) is 0.543. The van der Waals surface area contributed by atoms with Gasteiger partial charge in [-0.2, -0.15) is 0 Å². The Bertz CT molecular complexity index is 925. The number of benzene rings is 2. The number of carbonyl (C=O) groups excluding carboxylic acids is 1. The van der Waals surface area contributed by atoms with Crippen LogP contribution in [0.5, 0.6) is 11.5 Å². The Morgan fingerprint density at radius 1 is 1.11 bits per heavy atom. The summed E-state index contributed by atoms with van der Waals surface area (Å²) in [6, 6.07) is 15.4. The van der Waals surface area contributed by atoms with Crippen LogP contribution in [0.3, 0.4) is 0 Å². The van der Waals surface area contributed by atoms with E-state index in [0.29, 0.717) is 12.3 Å². The topological polar surface area (TPSA) is 56.6 Å². The van der Waals surface area contributed by atoms with Crippen LogP contribution < -0.4 is 9.47 Å². The lowest BCUT2D eigenvalue weighted by Crippen LogP contribution is -2.28. The number of amides is 1. The van der Waals surface area contributed by atoms with E-state index >= 15 is 0 Å². The van der Waals surface area contributed by atoms with Crippen LogP contribution in [0.2, 0.25) is 0 Å². The second kappa shape index (κ2) is 9.32. The van der Waals surface area contributed by atoms with Crippen molar-refractivity contribution in [3.8, 4) is 17.2 Å². The van der Waals surface area contributed by atoms with Gasteiger partial charge < -0.3 is 14.4 Å². The van der Waals surface area contributed by atoms with Crippen molar-refractivity contribution in [2.75, 3.05) is 27.0 Å². The molecule has 1 heterocycles. The van der Waals surface area contributed by atoms with Gasteiger partial charge in [0.1, 0.15) is 11.5 Å². The molecule has 0 spiro atoms. The summed E-state index contributed by atoms with van der Waals surface area (Å²) < 4.78 is 12.5. The number of nitrogens with zero attached hydrogens (tertiary/aromatic N) is 3. The molecular formula is C21H23N3O3S. The van der Waals surface area contributed by atoms with E-state index in [1.54, 1.807) is 32.4 Å². The Kier molecular flexibility index (Phi) is 6.60. The summed E-state index contributed by atoms with van der Waals surface area (Å²) in [4.78, 5) is 18.7. The van der Waals surface area contributed by atoms with Gasteiger partial charge in [0.25, 0.3) is 0 Å². The highest BCUT2D eigenvalue weighted by Crippen LogP contribution is 2.23. The number of ether oxygens (including phenoxy) is 2. The van der Waals surface area contributed by atoms with Crippen molar-refractivity contribution in [1.29, 1.82) is 0 Å². The molecule has 0 saturated heterocycles. The highest BCUT2D eigenvalue weighted by atomic mass is 32.2. The number of methoxy groups -OCH3 is 2. The van der Waals surface area contributed by atoms with E-state index in [2.05, 4.69) is 4.98 Å². The molecule has 6 nitrogen and oxygen atoms in total. The zero-order chi connectivity index (χ0) is 19.9. The number of carbonyl (C=O) groups is 1. The molecule has 0 unspecified atom stereocenters. The van der Waals surface area contributed by atoms with Gasteiger partial charge in [0.05, 0.1) is 20.0 Å². The molecule has 0 N–H and O–H groups in total. The predicted molar refractivity (Wildman–Crippen MR) is 110 cm³/mol. The summed E-state index contributed by atoms with van der Waals surface area (Å²) in [7, 11) is 5.07. The third kappa shape index (κ3) is 4.67. The molecule has 0 aliphatic carbocycles. The van der Waals surface area contributed by atoms with Crippen molar-refractivity contribution < 1.29 is 14.3 Å². The minimum absolute atomic E-state index is 0.0280. The van der Waals surface area contributed by atoms with Gasteiger partial charge in [0.15, 0.2) is 5.16 Å². The maximum atomic E-state index is 12.6. The first kappa shape index (κ1) is 19.8. The van der Waals surface area contributed by atoms with E-state index in [1.165, 1.54) is 11.8 Å². The van der Waals surface area contributed by atoms with E-state index < -0.39 is 0 Å². The first-order chi connectivity index (χ1) is 13.6. The van der Waals surface area contributed by atoms with Crippen LogP contribution in [0.1, 0.15) is 5.56 Å². The fourth-order valence-electron chi connectivity index (χ4n) is 2.75. The van der Waals surface area contributed by atoms with Gasteiger partial charge >= 0.3 is 0 Å².